The molecule has 1 fully saturated rings. The second-order valence-electron chi connectivity index (χ2n) is 4.26. The van der Waals surface area contributed by atoms with Crippen molar-refractivity contribution in [2.24, 2.45) is 5.73 Å². The molecule has 3 N–H and O–H groups in total. The third kappa shape index (κ3) is 2.94. The van der Waals surface area contributed by atoms with Gasteiger partial charge in [-0.15, -0.1) is 0 Å². The highest BCUT2D eigenvalue weighted by molar-refractivity contribution is 5.95. The van der Waals surface area contributed by atoms with Crippen molar-refractivity contribution in [3.05, 3.63) is 23.4 Å². The van der Waals surface area contributed by atoms with Crippen LogP contribution in [0.2, 0.25) is 0 Å². The molecular formula is C12H17N3O2. The smallest absolute Gasteiger partial charge is 0.254 e. The topological polar surface area (TPSA) is 77.2 Å². The summed E-state index contributed by atoms with van der Waals surface area (Å²) in [6.45, 7) is 3.66. The number of nitrogens with two attached hydrogens (primary N) is 1. The molecule has 0 spiro atoms. The highest BCUT2D eigenvalue weighted by atomic mass is 16.5. The van der Waals surface area contributed by atoms with E-state index in [1.54, 1.807) is 12.1 Å². The Hall–Kier alpha value is -1.62. The predicted octanol–water partition coefficient (Wildman–Crippen LogP) is 0.620. The summed E-state index contributed by atoms with van der Waals surface area (Å²) in [5, 5.41) is 3.25. The number of amides is 1. The number of primary amides is 1. The minimum absolute atomic E-state index is 0.0659. The predicted molar refractivity (Wildman–Crippen MR) is 64.0 cm³/mol. The molecule has 1 unspecified atom stereocenters. The van der Waals surface area contributed by atoms with Crippen molar-refractivity contribution in [2.75, 3.05) is 13.1 Å². The summed E-state index contributed by atoms with van der Waals surface area (Å²) in [5.74, 6) is -0.150. The fraction of sp³-hybridized carbons (Fsp3) is 0.500. The van der Waals surface area contributed by atoms with E-state index < -0.39 is 5.91 Å². The Balaban J connectivity index is 2.17. The van der Waals surface area contributed by atoms with Gasteiger partial charge in [-0.3, -0.25) is 4.79 Å². The van der Waals surface area contributed by atoms with Crippen molar-refractivity contribution in [3.63, 3.8) is 0 Å². The second-order valence-corrected chi connectivity index (χ2v) is 4.26. The molecule has 0 aliphatic carbocycles. The monoisotopic (exact) mass is 235 g/mol. The standard InChI is InChI=1S/C12H17N3O2/c1-8-4-5-10(11(13)16)12(15-8)17-9-3-2-6-14-7-9/h4-5,9,14H,2-3,6-7H2,1H3,(H2,13,16). The first kappa shape index (κ1) is 11.9. The van der Waals surface area contributed by atoms with Crippen LogP contribution in [0.15, 0.2) is 12.1 Å². The zero-order valence-electron chi connectivity index (χ0n) is 9.90. The summed E-state index contributed by atoms with van der Waals surface area (Å²) in [4.78, 5) is 15.5. The summed E-state index contributed by atoms with van der Waals surface area (Å²) in [7, 11) is 0. The number of rotatable bonds is 3. The SMILES string of the molecule is Cc1ccc(C(N)=O)c(OC2CCCNC2)n1. The molecule has 92 valence electrons. The maximum absolute atomic E-state index is 11.3. The van der Waals surface area contributed by atoms with Crippen LogP contribution in [0.4, 0.5) is 0 Å². The van der Waals surface area contributed by atoms with E-state index in [4.69, 9.17) is 10.5 Å². The lowest BCUT2D eigenvalue weighted by atomic mass is 10.1. The number of piperidine rings is 1. The Morgan fingerprint density at radius 3 is 3.06 bits per heavy atom. The molecule has 17 heavy (non-hydrogen) atoms. The summed E-state index contributed by atoms with van der Waals surface area (Å²) < 4.78 is 5.75. The van der Waals surface area contributed by atoms with Gasteiger partial charge in [0.05, 0.1) is 0 Å². The third-order valence-corrected chi connectivity index (χ3v) is 2.79. The number of aryl methyl sites for hydroxylation is 1. The van der Waals surface area contributed by atoms with Crippen LogP contribution in [0.25, 0.3) is 0 Å². The molecule has 5 nitrogen and oxygen atoms in total. The number of ether oxygens (including phenoxy) is 1. The number of nitrogens with zero attached hydrogens (tertiary/aromatic N) is 1. The van der Waals surface area contributed by atoms with E-state index in [9.17, 15) is 4.79 Å². The Labute approximate surface area is 100 Å². The van der Waals surface area contributed by atoms with Gasteiger partial charge in [-0.2, -0.15) is 0 Å². The van der Waals surface area contributed by atoms with E-state index in [0.29, 0.717) is 11.4 Å². The Morgan fingerprint density at radius 2 is 2.41 bits per heavy atom. The number of carbonyl (C=O) groups is 1. The zero-order valence-corrected chi connectivity index (χ0v) is 9.90. The van der Waals surface area contributed by atoms with Gasteiger partial charge in [0.15, 0.2) is 0 Å². The van der Waals surface area contributed by atoms with Gasteiger partial charge in [0.2, 0.25) is 5.88 Å². The first-order valence-electron chi connectivity index (χ1n) is 5.81. The van der Waals surface area contributed by atoms with Crippen molar-refractivity contribution in [1.29, 1.82) is 0 Å². The molecule has 1 aliphatic rings. The summed E-state index contributed by atoms with van der Waals surface area (Å²) in [6.07, 6.45) is 2.11. The van der Waals surface area contributed by atoms with Gasteiger partial charge in [-0.25, -0.2) is 4.98 Å². The minimum Gasteiger partial charge on any atom is -0.472 e. The van der Waals surface area contributed by atoms with Gasteiger partial charge < -0.3 is 15.8 Å². The molecular weight excluding hydrogens is 218 g/mol. The van der Waals surface area contributed by atoms with Crippen LogP contribution < -0.4 is 15.8 Å². The fourth-order valence-electron chi connectivity index (χ4n) is 1.89. The van der Waals surface area contributed by atoms with E-state index in [1.165, 1.54) is 0 Å². The Bertz CT molecular complexity index is 414. The van der Waals surface area contributed by atoms with Crippen LogP contribution in [0.5, 0.6) is 5.88 Å². The second kappa shape index (κ2) is 5.14. The van der Waals surface area contributed by atoms with E-state index in [1.807, 2.05) is 6.92 Å². The highest BCUT2D eigenvalue weighted by Gasteiger charge is 2.18. The van der Waals surface area contributed by atoms with E-state index >= 15 is 0 Å². The average molecular weight is 235 g/mol. The molecule has 1 saturated heterocycles. The number of aromatic nitrogens is 1. The van der Waals surface area contributed by atoms with Gasteiger partial charge >= 0.3 is 0 Å². The summed E-state index contributed by atoms with van der Waals surface area (Å²) in [5.41, 5.74) is 6.46. The molecule has 2 heterocycles. The van der Waals surface area contributed by atoms with Gasteiger partial charge in [0.1, 0.15) is 11.7 Å². The molecule has 0 bridgehead atoms. The molecule has 1 aromatic heterocycles. The maximum Gasteiger partial charge on any atom is 0.254 e. The largest absolute Gasteiger partial charge is 0.472 e. The van der Waals surface area contributed by atoms with Gasteiger partial charge in [-0.05, 0) is 38.4 Å². The maximum atomic E-state index is 11.3. The summed E-state index contributed by atoms with van der Waals surface area (Å²) in [6, 6.07) is 3.42. The quantitative estimate of drug-likeness (QED) is 0.805. The third-order valence-electron chi connectivity index (χ3n) is 2.79. The molecule has 0 saturated carbocycles. The lowest BCUT2D eigenvalue weighted by Gasteiger charge is -2.24. The van der Waals surface area contributed by atoms with E-state index in [2.05, 4.69) is 10.3 Å². The molecule has 0 aromatic carbocycles. The summed E-state index contributed by atoms with van der Waals surface area (Å²) >= 11 is 0. The zero-order chi connectivity index (χ0) is 12.3. The number of carbonyl (C=O) groups excluding carboxylic acids is 1. The first-order valence-corrected chi connectivity index (χ1v) is 5.81. The molecule has 1 aromatic rings. The van der Waals surface area contributed by atoms with Gasteiger partial charge in [0.25, 0.3) is 5.91 Å². The van der Waals surface area contributed by atoms with Crippen LogP contribution in [0.3, 0.4) is 0 Å². The fourth-order valence-corrected chi connectivity index (χ4v) is 1.89. The number of hydrogen-bond donors (Lipinski definition) is 2. The number of hydrogen-bond acceptors (Lipinski definition) is 4. The molecule has 1 amide bonds. The van der Waals surface area contributed by atoms with Crippen LogP contribution >= 0.6 is 0 Å². The van der Waals surface area contributed by atoms with Crippen LogP contribution in [-0.2, 0) is 0 Å². The van der Waals surface area contributed by atoms with Crippen LogP contribution in [0, 0.1) is 6.92 Å². The van der Waals surface area contributed by atoms with Crippen molar-refractivity contribution in [1.82, 2.24) is 10.3 Å². The van der Waals surface area contributed by atoms with E-state index in [-0.39, 0.29) is 6.10 Å². The van der Waals surface area contributed by atoms with Gasteiger partial charge in [-0.1, -0.05) is 0 Å². The van der Waals surface area contributed by atoms with Crippen molar-refractivity contribution >= 4 is 5.91 Å². The number of pyridine rings is 1. The van der Waals surface area contributed by atoms with Crippen LogP contribution in [-0.4, -0.2) is 30.1 Å². The molecule has 5 heteroatoms. The molecule has 1 atom stereocenters. The van der Waals surface area contributed by atoms with Crippen molar-refractivity contribution in [3.8, 4) is 5.88 Å². The van der Waals surface area contributed by atoms with Crippen molar-refractivity contribution in [2.45, 2.75) is 25.9 Å². The lowest BCUT2D eigenvalue weighted by Crippen LogP contribution is -2.37. The molecule has 0 radical (unpaired) electrons. The highest BCUT2D eigenvalue weighted by Crippen LogP contribution is 2.19. The first-order chi connectivity index (χ1) is 8.16. The molecule has 1 aliphatic heterocycles. The van der Waals surface area contributed by atoms with E-state index in [0.717, 1.165) is 31.6 Å². The molecule has 2 rings (SSSR count). The Morgan fingerprint density at radius 1 is 1.59 bits per heavy atom. The van der Waals surface area contributed by atoms with Crippen molar-refractivity contribution < 1.29 is 9.53 Å². The average Bonchev–Trinajstić information content (AvgIpc) is 2.30. The Kier molecular flexibility index (Phi) is 3.58. The normalized spacial score (nSPS) is 19.9. The number of nitrogens with one attached hydrogen (secondary N) is 1. The lowest BCUT2D eigenvalue weighted by molar-refractivity contribution is 0.0987. The van der Waals surface area contributed by atoms with Gasteiger partial charge in [0, 0.05) is 12.2 Å². The van der Waals surface area contributed by atoms with Crippen LogP contribution in [0.1, 0.15) is 28.9 Å². The minimum atomic E-state index is -0.503.